The highest BCUT2D eigenvalue weighted by atomic mass is 35.5. The normalized spacial score (nSPS) is 12.6. The van der Waals surface area contributed by atoms with Crippen LogP contribution in [0.5, 0.6) is 0 Å². The summed E-state index contributed by atoms with van der Waals surface area (Å²) in [5.74, 6) is 0. The standard InChI is InChI=1S/C14H17ClN2O/c1-2-8-17-14(12(15)10-16-17)13(18)9-11-6-4-3-5-7-11/h3-7,10,13,18H,2,8-9H2,1H3. The zero-order valence-corrected chi connectivity index (χ0v) is 11.1. The van der Waals surface area contributed by atoms with E-state index in [2.05, 4.69) is 12.0 Å². The number of rotatable bonds is 5. The lowest BCUT2D eigenvalue weighted by molar-refractivity contribution is 0.166. The van der Waals surface area contributed by atoms with E-state index in [9.17, 15) is 5.11 Å². The second-order valence-electron chi connectivity index (χ2n) is 4.31. The minimum atomic E-state index is -0.617. The first kappa shape index (κ1) is 13.1. The number of aryl methyl sites for hydroxylation is 1. The van der Waals surface area contributed by atoms with Gasteiger partial charge in [0.05, 0.1) is 16.9 Å². The van der Waals surface area contributed by atoms with Gasteiger partial charge in [-0.3, -0.25) is 4.68 Å². The maximum Gasteiger partial charge on any atom is 0.101 e. The highest BCUT2D eigenvalue weighted by Gasteiger charge is 2.18. The fourth-order valence-corrected chi connectivity index (χ4v) is 2.29. The summed E-state index contributed by atoms with van der Waals surface area (Å²) in [4.78, 5) is 0. The summed E-state index contributed by atoms with van der Waals surface area (Å²) in [6, 6.07) is 9.89. The van der Waals surface area contributed by atoms with Crippen molar-refractivity contribution in [1.82, 2.24) is 9.78 Å². The molecule has 0 spiro atoms. The van der Waals surface area contributed by atoms with Crippen molar-refractivity contribution in [1.29, 1.82) is 0 Å². The topological polar surface area (TPSA) is 38.0 Å². The Morgan fingerprint density at radius 2 is 2.06 bits per heavy atom. The summed E-state index contributed by atoms with van der Waals surface area (Å²) in [6.07, 6.45) is 2.49. The van der Waals surface area contributed by atoms with Crippen LogP contribution in [0, 0.1) is 0 Å². The first-order chi connectivity index (χ1) is 8.72. The van der Waals surface area contributed by atoms with E-state index < -0.39 is 6.10 Å². The Bertz CT molecular complexity index is 496. The van der Waals surface area contributed by atoms with Crippen molar-refractivity contribution in [2.75, 3.05) is 0 Å². The van der Waals surface area contributed by atoms with Crippen molar-refractivity contribution in [3.8, 4) is 0 Å². The van der Waals surface area contributed by atoms with E-state index in [4.69, 9.17) is 11.6 Å². The Morgan fingerprint density at radius 1 is 1.33 bits per heavy atom. The lowest BCUT2D eigenvalue weighted by Gasteiger charge is -2.13. The molecule has 1 atom stereocenters. The van der Waals surface area contributed by atoms with Crippen LogP contribution in [0.4, 0.5) is 0 Å². The Labute approximate surface area is 112 Å². The van der Waals surface area contributed by atoms with Gasteiger partial charge in [0.25, 0.3) is 0 Å². The SMILES string of the molecule is CCCn1ncc(Cl)c1C(O)Cc1ccccc1. The van der Waals surface area contributed by atoms with E-state index in [0.717, 1.165) is 18.5 Å². The van der Waals surface area contributed by atoms with Crippen LogP contribution in [0.25, 0.3) is 0 Å². The Balaban J connectivity index is 2.18. The van der Waals surface area contributed by atoms with Crippen molar-refractivity contribution < 1.29 is 5.11 Å². The van der Waals surface area contributed by atoms with Crippen LogP contribution in [0.1, 0.15) is 30.7 Å². The molecule has 96 valence electrons. The van der Waals surface area contributed by atoms with Crippen molar-refractivity contribution in [3.05, 3.63) is 52.8 Å². The van der Waals surface area contributed by atoms with Gasteiger partial charge in [-0.05, 0) is 12.0 Å². The maximum atomic E-state index is 10.3. The molecule has 0 bridgehead atoms. The van der Waals surface area contributed by atoms with Crippen LogP contribution in [0.3, 0.4) is 0 Å². The van der Waals surface area contributed by atoms with Gasteiger partial charge in [-0.1, -0.05) is 48.9 Å². The van der Waals surface area contributed by atoms with Crippen LogP contribution in [0.2, 0.25) is 5.02 Å². The maximum absolute atomic E-state index is 10.3. The number of aliphatic hydroxyl groups excluding tert-OH is 1. The van der Waals surface area contributed by atoms with Gasteiger partial charge < -0.3 is 5.11 Å². The summed E-state index contributed by atoms with van der Waals surface area (Å²) in [6.45, 7) is 2.84. The lowest BCUT2D eigenvalue weighted by atomic mass is 10.1. The third kappa shape index (κ3) is 2.92. The molecule has 2 aromatic rings. The van der Waals surface area contributed by atoms with E-state index >= 15 is 0 Å². The van der Waals surface area contributed by atoms with Gasteiger partial charge in [0.1, 0.15) is 6.10 Å². The number of hydrogen-bond acceptors (Lipinski definition) is 2. The molecule has 4 heteroatoms. The molecule has 0 aliphatic rings. The van der Waals surface area contributed by atoms with E-state index in [1.807, 2.05) is 30.3 Å². The summed E-state index contributed by atoms with van der Waals surface area (Å²) in [5.41, 5.74) is 1.80. The fourth-order valence-electron chi connectivity index (χ4n) is 2.03. The Hall–Kier alpha value is -1.32. The van der Waals surface area contributed by atoms with Crippen LogP contribution in [-0.2, 0) is 13.0 Å². The molecule has 18 heavy (non-hydrogen) atoms. The summed E-state index contributed by atoms with van der Waals surface area (Å²) >= 11 is 6.10. The van der Waals surface area contributed by atoms with Crippen LogP contribution < -0.4 is 0 Å². The zero-order chi connectivity index (χ0) is 13.0. The predicted molar refractivity (Wildman–Crippen MR) is 72.6 cm³/mol. The molecule has 2 rings (SSSR count). The average molecular weight is 265 g/mol. The number of nitrogens with zero attached hydrogens (tertiary/aromatic N) is 2. The van der Waals surface area contributed by atoms with Gasteiger partial charge in [0, 0.05) is 13.0 Å². The molecule has 0 aliphatic carbocycles. The van der Waals surface area contributed by atoms with Gasteiger partial charge in [0.15, 0.2) is 0 Å². The minimum absolute atomic E-state index is 0.534. The highest BCUT2D eigenvalue weighted by molar-refractivity contribution is 6.31. The van der Waals surface area contributed by atoms with Crippen LogP contribution in [0.15, 0.2) is 36.5 Å². The molecule has 1 aromatic carbocycles. The third-order valence-electron chi connectivity index (χ3n) is 2.86. The molecule has 0 saturated carbocycles. The predicted octanol–water partition coefficient (Wildman–Crippen LogP) is 3.22. The lowest BCUT2D eigenvalue weighted by Crippen LogP contribution is -2.11. The Morgan fingerprint density at radius 3 is 2.72 bits per heavy atom. The quantitative estimate of drug-likeness (QED) is 0.900. The molecule has 0 fully saturated rings. The molecule has 0 radical (unpaired) electrons. The summed E-state index contributed by atoms with van der Waals surface area (Å²) in [5, 5.41) is 15.0. The van der Waals surface area contributed by atoms with Crippen molar-refractivity contribution in [3.63, 3.8) is 0 Å². The van der Waals surface area contributed by atoms with E-state index in [1.54, 1.807) is 10.9 Å². The van der Waals surface area contributed by atoms with E-state index in [1.165, 1.54) is 0 Å². The fraction of sp³-hybridized carbons (Fsp3) is 0.357. The first-order valence-corrected chi connectivity index (χ1v) is 6.53. The highest BCUT2D eigenvalue weighted by Crippen LogP contribution is 2.25. The van der Waals surface area contributed by atoms with Crippen molar-refractivity contribution in [2.45, 2.75) is 32.4 Å². The number of hydrogen-bond donors (Lipinski definition) is 1. The van der Waals surface area contributed by atoms with Crippen molar-refractivity contribution >= 4 is 11.6 Å². The molecule has 0 amide bonds. The van der Waals surface area contributed by atoms with Gasteiger partial charge in [-0.15, -0.1) is 0 Å². The van der Waals surface area contributed by atoms with E-state index in [-0.39, 0.29) is 0 Å². The minimum Gasteiger partial charge on any atom is -0.386 e. The molecule has 1 N–H and O–H groups in total. The van der Waals surface area contributed by atoms with Crippen molar-refractivity contribution in [2.24, 2.45) is 0 Å². The molecule has 1 unspecified atom stereocenters. The van der Waals surface area contributed by atoms with Gasteiger partial charge in [-0.2, -0.15) is 5.10 Å². The molecule has 3 nitrogen and oxygen atoms in total. The molecule has 0 saturated heterocycles. The van der Waals surface area contributed by atoms with Gasteiger partial charge in [-0.25, -0.2) is 0 Å². The number of benzene rings is 1. The average Bonchev–Trinajstić information content (AvgIpc) is 2.72. The van der Waals surface area contributed by atoms with Gasteiger partial charge >= 0.3 is 0 Å². The summed E-state index contributed by atoms with van der Waals surface area (Å²) < 4.78 is 1.79. The third-order valence-corrected chi connectivity index (χ3v) is 3.15. The zero-order valence-electron chi connectivity index (χ0n) is 10.4. The molecule has 1 heterocycles. The monoisotopic (exact) mass is 264 g/mol. The number of aromatic nitrogens is 2. The Kier molecular flexibility index (Phi) is 4.39. The van der Waals surface area contributed by atoms with Crippen LogP contribution in [-0.4, -0.2) is 14.9 Å². The van der Waals surface area contributed by atoms with E-state index in [0.29, 0.717) is 17.1 Å². The number of halogens is 1. The number of aliphatic hydroxyl groups is 1. The molecule has 1 aromatic heterocycles. The molecular weight excluding hydrogens is 248 g/mol. The smallest absolute Gasteiger partial charge is 0.101 e. The first-order valence-electron chi connectivity index (χ1n) is 6.15. The second-order valence-corrected chi connectivity index (χ2v) is 4.71. The summed E-state index contributed by atoms with van der Waals surface area (Å²) in [7, 11) is 0. The van der Waals surface area contributed by atoms with Gasteiger partial charge in [0.2, 0.25) is 0 Å². The largest absolute Gasteiger partial charge is 0.386 e. The molecular formula is C14H17ClN2O. The molecule has 0 aliphatic heterocycles. The van der Waals surface area contributed by atoms with Crippen LogP contribution >= 0.6 is 11.6 Å². The second kappa shape index (κ2) is 6.03.